The predicted octanol–water partition coefficient (Wildman–Crippen LogP) is 2.38. The van der Waals surface area contributed by atoms with Crippen molar-refractivity contribution in [1.82, 2.24) is 31.2 Å². The van der Waals surface area contributed by atoms with E-state index in [1.165, 1.54) is 12.1 Å². The van der Waals surface area contributed by atoms with E-state index in [1.54, 1.807) is 30.6 Å². The molecule has 12 heteroatoms. The number of hydrogen-bond donors (Lipinski definition) is 5. The van der Waals surface area contributed by atoms with E-state index in [9.17, 15) is 18.8 Å². The molecule has 2 aromatic carbocycles. The lowest BCUT2D eigenvalue weighted by atomic mass is 10.00. The maximum atomic E-state index is 14.0. The largest absolute Gasteiger partial charge is 0.492 e. The summed E-state index contributed by atoms with van der Waals surface area (Å²) in [5, 5.41) is 14.9. The fraction of sp³-hybridized carbons (Fsp3) is 0.424. The van der Waals surface area contributed by atoms with Crippen LogP contribution in [-0.2, 0) is 27.2 Å². The van der Waals surface area contributed by atoms with E-state index in [2.05, 4.69) is 36.6 Å². The number of ether oxygens (including phenoxy) is 1. The van der Waals surface area contributed by atoms with Gasteiger partial charge in [-0.25, -0.2) is 14.4 Å². The Morgan fingerprint density at radius 1 is 0.956 bits per heavy atom. The number of anilines is 1. The van der Waals surface area contributed by atoms with E-state index in [0.29, 0.717) is 30.9 Å². The molecule has 11 nitrogen and oxygen atoms in total. The van der Waals surface area contributed by atoms with E-state index >= 15 is 0 Å². The van der Waals surface area contributed by atoms with Crippen LogP contribution in [0.1, 0.15) is 38.3 Å². The summed E-state index contributed by atoms with van der Waals surface area (Å²) < 4.78 is 20.2. The third kappa shape index (κ3) is 10.2. The molecule has 1 aliphatic rings. The number of carbonyl (C=O) groups excluding carboxylic acids is 3. The highest BCUT2D eigenvalue weighted by atomic mass is 19.1. The highest BCUT2D eigenvalue weighted by Gasteiger charge is 2.31. The number of halogens is 1. The number of fused-ring (bicyclic) bond motifs is 1. The van der Waals surface area contributed by atoms with Gasteiger partial charge in [0.25, 0.3) is 0 Å². The number of nitrogens with zero attached hydrogens (tertiary/aromatic N) is 2. The maximum absolute atomic E-state index is 14.0. The van der Waals surface area contributed by atoms with Gasteiger partial charge in [-0.1, -0.05) is 44.2 Å². The van der Waals surface area contributed by atoms with Crippen molar-refractivity contribution in [2.24, 2.45) is 5.92 Å². The molecule has 4 rings (SSSR count). The van der Waals surface area contributed by atoms with E-state index < -0.39 is 35.8 Å². The van der Waals surface area contributed by atoms with E-state index in [0.717, 1.165) is 11.3 Å². The van der Waals surface area contributed by atoms with Gasteiger partial charge >= 0.3 is 0 Å². The fourth-order valence-electron chi connectivity index (χ4n) is 5.04. The van der Waals surface area contributed by atoms with Crippen LogP contribution in [0.5, 0.6) is 5.75 Å². The van der Waals surface area contributed by atoms with Crippen LogP contribution in [0.15, 0.2) is 67.0 Å². The molecule has 3 amide bonds. The summed E-state index contributed by atoms with van der Waals surface area (Å²) in [6, 6.07) is 12.5. The van der Waals surface area contributed by atoms with Crippen LogP contribution < -0.4 is 31.3 Å². The van der Waals surface area contributed by atoms with Gasteiger partial charge in [0.05, 0.1) is 6.04 Å². The number of rotatable bonds is 6. The summed E-state index contributed by atoms with van der Waals surface area (Å²) >= 11 is 0. The van der Waals surface area contributed by atoms with Crippen LogP contribution in [0.4, 0.5) is 10.3 Å². The lowest BCUT2D eigenvalue weighted by Crippen LogP contribution is -2.60. The van der Waals surface area contributed by atoms with Crippen molar-refractivity contribution in [3.63, 3.8) is 0 Å². The van der Waals surface area contributed by atoms with Gasteiger partial charge in [0.15, 0.2) is 0 Å². The van der Waals surface area contributed by atoms with Crippen LogP contribution in [0.3, 0.4) is 0 Å². The standard InChI is InChI=1S/C33H42FN7O4/c1-21(2)29-32(44)40-27(19-38-33-36-15-8-16-37-33)30(42)35-14-7-11-24-10-4-5-13-28(24)45-20-22(3)39-26(31(43)41-29)18-23-9-6-12-25(34)17-23/h4-6,8-10,12-13,15-17,21-22,26-27,29,39H,7,11,14,18-20H2,1-3H3,(H,35,42)(H,40,44)(H,41,43)(H,36,37,38)/t22-,26+,27-,29+/m0/s1. The van der Waals surface area contributed by atoms with Gasteiger partial charge in [-0.2, -0.15) is 0 Å². The van der Waals surface area contributed by atoms with Gasteiger partial charge in [0.1, 0.15) is 30.3 Å². The van der Waals surface area contributed by atoms with Crippen molar-refractivity contribution < 1.29 is 23.5 Å². The second kappa shape index (κ2) is 16.5. The van der Waals surface area contributed by atoms with Crippen LogP contribution >= 0.6 is 0 Å². The minimum atomic E-state index is -0.977. The zero-order valence-electron chi connectivity index (χ0n) is 25.9. The number of carbonyl (C=O) groups is 3. The summed E-state index contributed by atoms with van der Waals surface area (Å²) in [6.45, 7) is 6.20. The Morgan fingerprint density at radius 2 is 1.73 bits per heavy atom. The zero-order valence-corrected chi connectivity index (χ0v) is 25.9. The average Bonchev–Trinajstić information content (AvgIpc) is 3.02. The Morgan fingerprint density at radius 3 is 2.49 bits per heavy atom. The highest BCUT2D eigenvalue weighted by molar-refractivity contribution is 5.93. The Bertz CT molecular complexity index is 1420. The topological polar surface area (TPSA) is 146 Å². The molecule has 3 aromatic rings. The van der Waals surface area contributed by atoms with Crippen LogP contribution in [-0.4, -0.2) is 71.6 Å². The molecular weight excluding hydrogens is 577 g/mol. The zero-order chi connectivity index (χ0) is 32.2. The first-order chi connectivity index (χ1) is 21.7. The Labute approximate surface area is 263 Å². The third-order valence-corrected chi connectivity index (χ3v) is 7.42. The molecule has 5 N–H and O–H groups in total. The lowest BCUT2D eigenvalue weighted by Gasteiger charge is -2.29. The third-order valence-electron chi connectivity index (χ3n) is 7.42. The highest BCUT2D eigenvalue weighted by Crippen LogP contribution is 2.20. The predicted molar refractivity (Wildman–Crippen MR) is 169 cm³/mol. The van der Waals surface area contributed by atoms with E-state index in [1.807, 2.05) is 45.0 Å². The summed E-state index contributed by atoms with van der Waals surface area (Å²) in [4.78, 5) is 49.0. The van der Waals surface area contributed by atoms with Gasteiger partial charge < -0.3 is 26.0 Å². The smallest absolute Gasteiger partial charge is 0.244 e. The van der Waals surface area contributed by atoms with E-state index in [-0.39, 0.29) is 37.4 Å². The van der Waals surface area contributed by atoms with Gasteiger partial charge in [-0.05, 0) is 67.5 Å². The molecule has 240 valence electrons. The summed E-state index contributed by atoms with van der Waals surface area (Å²) in [5.41, 5.74) is 1.61. The number of benzene rings is 2. The molecule has 4 atom stereocenters. The minimum Gasteiger partial charge on any atom is -0.492 e. The lowest BCUT2D eigenvalue weighted by molar-refractivity contribution is -0.133. The van der Waals surface area contributed by atoms with Crippen molar-refractivity contribution in [3.05, 3.63) is 83.9 Å². The number of para-hydroxylation sites is 1. The molecule has 2 heterocycles. The maximum Gasteiger partial charge on any atom is 0.244 e. The first-order valence-corrected chi connectivity index (χ1v) is 15.3. The average molecular weight is 620 g/mol. The molecule has 0 unspecified atom stereocenters. The first kappa shape index (κ1) is 33.3. The molecule has 1 aliphatic heterocycles. The second-order valence-electron chi connectivity index (χ2n) is 11.5. The van der Waals surface area contributed by atoms with Gasteiger partial charge in [0.2, 0.25) is 23.7 Å². The Hall–Kier alpha value is -4.58. The van der Waals surface area contributed by atoms with Crippen LogP contribution in [0, 0.1) is 11.7 Å². The van der Waals surface area contributed by atoms with E-state index in [4.69, 9.17) is 4.74 Å². The van der Waals surface area contributed by atoms with Crippen molar-refractivity contribution in [3.8, 4) is 5.75 Å². The number of hydrogen-bond acceptors (Lipinski definition) is 8. The number of aromatic nitrogens is 2. The first-order valence-electron chi connectivity index (χ1n) is 15.3. The van der Waals surface area contributed by atoms with Crippen LogP contribution in [0.2, 0.25) is 0 Å². The fourth-order valence-corrected chi connectivity index (χ4v) is 5.04. The van der Waals surface area contributed by atoms with Gasteiger partial charge in [-0.3, -0.25) is 19.7 Å². The molecule has 45 heavy (non-hydrogen) atoms. The molecule has 0 bridgehead atoms. The Kier molecular flexibility index (Phi) is 12.2. The molecule has 0 saturated carbocycles. The molecule has 0 fully saturated rings. The molecule has 1 aromatic heterocycles. The summed E-state index contributed by atoms with van der Waals surface area (Å²) in [5.74, 6) is -0.999. The molecule has 0 radical (unpaired) electrons. The second-order valence-corrected chi connectivity index (χ2v) is 11.5. The van der Waals surface area contributed by atoms with Gasteiger partial charge in [-0.15, -0.1) is 0 Å². The van der Waals surface area contributed by atoms with Crippen LogP contribution in [0.25, 0.3) is 0 Å². The molecule has 0 saturated heterocycles. The van der Waals surface area contributed by atoms with Crippen molar-refractivity contribution in [2.75, 3.05) is 25.0 Å². The monoisotopic (exact) mass is 619 g/mol. The summed E-state index contributed by atoms with van der Waals surface area (Å²) in [6.07, 6.45) is 4.63. The number of amides is 3. The normalized spacial score (nSPS) is 22.1. The van der Waals surface area contributed by atoms with Gasteiger partial charge in [0, 0.05) is 31.5 Å². The molecule has 0 spiro atoms. The SMILES string of the molecule is CC(C)[C@H]1NC(=O)[C@@H](Cc2cccc(F)c2)N[C@@H](C)COc2ccccc2CCCNC(=O)[C@H](CNc2ncccn2)NC1=O. The minimum absolute atomic E-state index is 0.0261. The quantitative estimate of drug-likeness (QED) is 0.283. The van der Waals surface area contributed by atoms with Crippen molar-refractivity contribution in [1.29, 1.82) is 0 Å². The summed E-state index contributed by atoms with van der Waals surface area (Å²) in [7, 11) is 0. The van der Waals surface area contributed by atoms with Crippen molar-refractivity contribution in [2.45, 2.75) is 64.2 Å². The number of aryl methyl sites for hydroxylation is 1. The number of nitrogens with one attached hydrogen (secondary N) is 5. The molecular formula is C33H42FN7O4. The van der Waals surface area contributed by atoms with Crippen molar-refractivity contribution >= 4 is 23.7 Å². The molecule has 0 aliphatic carbocycles. The Balaban J connectivity index is 1.60.